The van der Waals surface area contributed by atoms with Crippen LogP contribution < -0.4 is 4.74 Å². The Hall–Kier alpha value is -2.84. The van der Waals surface area contributed by atoms with Gasteiger partial charge in [-0.2, -0.15) is 5.26 Å². The zero-order valence-electron chi connectivity index (χ0n) is 11.8. The maximum absolute atomic E-state index is 9.38. The first kappa shape index (κ1) is 14.1. The molecule has 0 radical (unpaired) electrons. The molecule has 0 atom stereocenters. The van der Waals surface area contributed by atoms with E-state index in [0.717, 1.165) is 17.0 Å². The lowest BCUT2D eigenvalue weighted by molar-refractivity contribution is 0.415. The fourth-order valence-electron chi connectivity index (χ4n) is 1.94. The molecule has 108 valence electrons. The largest absolute Gasteiger partial charge is 0.497 e. The van der Waals surface area contributed by atoms with E-state index in [2.05, 4.69) is 11.1 Å². The molecule has 2 heterocycles. The summed E-state index contributed by atoms with van der Waals surface area (Å²) in [5.41, 5.74) is 2.18. The van der Waals surface area contributed by atoms with Crippen molar-refractivity contribution in [1.82, 2.24) is 4.98 Å². The van der Waals surface area contributed by atoms with Crippen molar-refractivity contribution in [2.75, 3.05) is 7.11 Å². The lowest BCUT2D eigenvalue weighted by Crippen LogP contribution is -1.84. The maximum Gasteiger partial charge on any atom is 0.153 e. The molecule has 4 nitrogen and oxygen atoms in total. The van der Waals surface area contributed by atoms with E-state index in [-0.39, 0.29) is 0 Å². The molecule has 0 aliphatic heterocycles. The van der Waals surface area contributed by atoms with Crippen molar-refractivity contribution in [3.05, 3.63) is 58.6 Å². The van der Waals surface area contributed by atoms with E-state index in [1.54, 1.807) is 13.4 Å². The number of nitrogens with zero attached hydrogens (tertiary/aromatic N) is 2. The molecule has 0 amide bonds. The molecule has 0 bridgehead atoms. The Morgan fingerprint density at radius 1 is 1.32 bits per heavy atom. The molecule has 0 saturated heterocycles. The van der Waals surface area contributed by atoms with Gasteiger partial charge in [-0.25, -0.2) is 4.98 Å². The number of nitriles is 1. The monoisotopic (exact) mass is 308 g/mol. The van der Waals surface area contributed by atoms with Gasteiger partial charge in [0.15, 0.2) is 5.76 Å². The van der Waals surface area contributed by atoms with Gasteiger partial charge in [0.05, 0.1) is 18.9 Å². The number of hydrogen-bond acceptors (Lipinski definition) is 5. The van der Waals surface area contributed by atoms with E-state index in [4.69, 9.17) is 9.15 Å². The first-order valence-electron chi connectivity index (χ1n) is 6.56. The Morgan fingerprint density at radius 3 is 2.77 bits per heavy atom. The molecule has 1 aromatic carbocycles. The van der Waals surface area contributed by atoms with Crippen LogP contribution in [0.1, 0.15) is 10.6 Å². The van der Waals surface area contributed by atoms with Crippen LogP contribution >= 0.6 is 11.3 Å². The quantitative estimate of drug-likeness (QED) is 0.667. The van der Waals surface area contributed by atoms with Gasteiger partial charge in [0.25, 0.3) is 0 Å². The number of furan rings is 1. The minimum Gasteiger partial charge on any atom is -0.497 e. The highest BCUT2D eigenvalue weighted by Gasteiger charge is 2.10. The summed E-state index contributed by atoms with van der Waals surface area (Å²) >= 11 is 1.42. The van der Waals surface area contributed by atoms with Crippen molar-refractivity contribution in [3.63, 3.8) is 0 Å². The minimum absolute atomic E-state index is 0.521. The lowest BCUT2D eigenvalue weighted by Gasteiger charge is -1.99. The Balaban J connectivity index is 1.90. The number of rotatable bonds is 4. The summed E-state index contributed by atoms with van der Waals surface area (Å²) in [4.78, 5) is 4.46. The molecule has 22 heavy (non-hydrogen) atoms. The third-order valence-corrected chi connectivity index (χ3v) is 3.93. The van der Waals surface area contributed by atoms with Gasteiger partial charge in [0, 0.05) is 5.38 Å². The molecule has 0 spiro atoms. The van der Waals surface area contributed by atoms with E-state index in [1.165, 1.54) is 11.3 Å². The molecule has 2 aromatic heterocycles. The molecular weight excluding hydrogens is 296 g/mol. The predicted octanol–water partition coefficient (Wildman–Crippen LogP) is 4.48. The Morgan fingerprint density at radius 2 is 2.14 bits per heavy atom. The van der Waals surface area contributed by atoms with Crippen molar-refractivity contribution in [1.29, 1.82) is 5.26 Å². The van der Waals surface area contributed by atoms with Gasteiger partial charge in [-0.15, -0.1) is 11.3 Å². The van der Waals surface area contributed by atoms with Crippen LogP contribution in [0, 0.1) is 11.3 Å². The second-order valence-electron chi connectivity index (χ2n) is 4.46. The molecular formula is C17H12N2O2S. The van der Waals surface area contributed by atoms with Gasteiger partial charge in [-0.3, -0.25) is 0 Å². The Kier molecular flexibility index (Phi) is 4.03. The van der Waals surface area contributed by atoms with Crippen LogP contribution in [0.3, 0.4) is 0 Å². The summed E-state index contributed by atoms with van der Waals surface area (Å²) in [5.74, 6) is 1.48. The first-order valence-corrected chi connectivity index (χ1v) is 7.44. The number of allylic oxidation sites excluding steroid dienone is 1. The van der Waals surface area contributed by atoms with E-state index in [9.17, 15) is 5.26 Å². The van der Waals surface area contributed by atoms with Crippen molar-refractivity contribution in [2.24, 2.45) is 0 Å². The summed E-state index contributed by atoms with van der Waals surface area (Å²) in [6.07, 6.45) is 3.41. The number of hydrogen-bond donors (Lipinski definition) is 0. The van der Waals surface area contributed by atoms with Crippen LogP contribution in [0.15, 0.2) is 52.5 Å². The Labute approximate surface area is 131 Å². The molecule has 0 saturated carbocycles. The molecule has 0 fully saturated rings. The van der Waals surface area contributed by atoms with Crippen LogP contribution in [0.2, 0.25) is 0 Å². The highest BCUT2D eigenvalue weighted by molar-refractivity contribution is 7.11. The topological polar surface area (TPSA) is 59.0 Å². The summed E-state index contributed by atoms with van der Waals surface area (Å²) in [6.45, 7) is 0. The van der Waals surface area contributed by atoms with E-state index < -0.39 is 0 Å². The molecule has 3 aromatic rings. The number of methoxy groups -OCH3 is 1. The molecule has 3 rings (SSSR count). The smallest absolute Gasteiger partial charge is 0.153 e. The van der Waals surface area contributed by atoms with Gasteiger partial charge in [0.2, 0.25) is 0 Å². The maximum atomic E-state index is 9.38. The predicted molar refractivity (Wildman–Crippen MR) is 86.3 cm³/mol. The molecule has 0 N–H and O–H groups in total. The normalized spacial score (nSPS) is 11.2. The lowest BCUT2D eigenvalue weighted by atomic mass is 10.1. The molecule has 0 aliphatic carbocycles. The van der Waals surface area contributed by atoms with Crippen LogP contribution in [0.4, 0.5) is 0 Å². The fraction of sp³-hybridized carbons (Fsp3) is 0.0588. The molecule has 5 heteroatoms. The standard InChI is InChI=1S/C17H12N2O2S/c1-20-14-6-4-12(5-7-14)9-13(10-18)17-19-15(11-22-17)16-3-2-8-21-16/h2-9,11H,1H3/b13-9+. The van der Waals surface area contributed by atoms with Crippen molar-refractivity contribution < 1.29 is 9.15 Å². The van der Waals surface area contributed by atoms with Crippen molar-refractivity contribution in [2.45, 2.75) is 0 Å². The van der Waals surface area contributed by atoms with E-state index in [0.29, 0.717) is 16.3 Å². The van der Waals surface area contributed by atoms with Crippen LogP contribution in [0.25, 0.3) is 23.1 Å². The second-order valence-corrected chi connectivity index (χ2v) is 5.32. The zero-order chi connectivity index (χ0) is 15.4. The minimum atomic E-state index is 0.521. The van der Waals surface area contributed by atoms with Crippen LogP contribution in [-0.4, -0.2) is 12.1 Å². The Bertz CT molecular complexity index is 824. The van der Waals surface area contributed by atoms with Gasteiger partial charge < -0.3 is 9.15 Å². The first-order chi connectivity index (χ1) is 10.8. The highest BCUT2D eigenvalue weighted by atomic mass is 32.1. The molecule has 0 unspecified atom stereocenters. The SMILES string of the molecule is COc1ccc(/C=C(\C#N)c2nc(-c3ccco3)cs2)cc1. The highest BCUT2D eigenvalue weighted by Crippen LogP contribution is 2.27. The van der Waals surface area contributed by atoms with Gasteiger partial charge >= 0.3 is 0 Å². The van der Waals surface area contributed by atoms with Crippen molar-refractivity contribution in [3.8, 4) is 23.3 Å². The summed E-state index contributed by atoms with van der Waals surface area (Å²) in [6, 6.07) is 13.4. The van der Waals surface area contributed by atoms with Gasteiger partial charge in [-0.1, -0.05) is 12.1 Å². The molecule has 0 aliphatic rings. The number of thiazole rings is 1. The number of benzene rings is 1. The van der Waals surface area contributed by atoms with E-state index in [1.807, 2.05) is 47.9 Å². The summed E-state index contributed by atoms with van der Waals surface area (Å²) in [7, 11) is 1.62. The third-order valence-electron chi connectivity index (χ3n) is 3.06. The average molecular weight is 308 g/mol. The van der Waals surface area contributed by atoms with Gasteiger partial charge in [0.1, 0.15) is 22.5 Å². The number of ether oxygens (including phenoxy) is 1. The van der Waals surface area contributed by atoms with Crippen LogP contribution in [-0.2, 0) is 0 Å². The van der Waals surface area contributed by atoms with Crippen LogP contribution in [0.5, 0.6) is 5.75 Å². The number of aromatic nitrogens is 1. The van der Waals surface area contributed by atoms with Gasteiger partial charge in [-0.05, 0) is 35.9 Å². The fourth-order valence-corrected chi connectivity index (χ4v) is 2.72. The van der Waals surface area contributed by atoms with E-state index >= 15 is 0 Å². The van der Waals surface area contributed by atoms with Crippen molar-refractivity contribution >= 4 is 23.0 Å². The third kappa shape index (κ3) is 2.92. The average Bonchev–Trinajstić information content (AvgIpc) is 3.24. The summed E-state index contributed by atoms with van der Waals surface area (Å²) in [5, 5.41) is 11.9. The summed E-state index contributed by atoms with van der Waals surface area (Å²) < 4.78 is 10.4. The second kappa shape index (κ2) is 6.29. The zero-order valence-corrected chi connectivity index (χ0v) is 12.6.